The van der Waals surface area contributed by atoms with Crippen molar-refractivity contribution >= 4 is 27.4 Å². The number of hydrogen-bond acceptors (Lipinski definition) is 4. The molecule has 0 atom stereocenters. The topological polar surface area (TPSA) is 72.0 Å². The van der Waals surface area contributed by atoms with Gasteiger partial charge in [0.1, 0.15) is 11.6 Å². The molecule has 0 saturated heterocycles. The second kappa shape index (κ2) is 6.45. The van der Waals surface area contributed by atoms with Crippen LogP contribution in [0.4, 0.5) is 5.82 Å². The third kappa shape index (κ3) is 3.48. The first-order valence-electron chi connectivity index (χ1n) is 7.58. The third-order valence-electron chi connectivity index (χ3n) is 4.14. The fourth-order valence-corrected chi connectivity index (χ4v) is 4.38. The minimum atomic E-state index is -3.73. The van der Waals surface area contributed by atoms with Crippen LogP contribution in [-0.2, 0) is 10.0 Å². The Bertz CT molecular complexity index is 818. The zero-order valence-electron chi connectivity index (χ0n) is 12.8. The van der Waals surface area contributed by atoms with E-state index in [1.165, 1.54) is 18.9 Å². The van der Waals surface area contributed by atoms with Crippen LogP contribution in [0.25, 0.3) is 0 Å². The summed E-state index contributed by atoms with van der Waals surface area (Å²) in [6.45, 7) is 1.68. The van der Waals surface area contributed by atoms with Crippen molar-refractivity contribution in [2.24, 2.45) is 0 Å². The average molecular weight is 352 g/mol. The summed E-state index contributed by atoms with van der Waals surface area (Å²) >= 11 is 6.02. The van der Waals surface area contributed by atoms with Crippen LogP contribution >= 0.6 is 11.6 Å². The number of halogens is 1. The molecule has 0 bridgehead atoms. The van der Waals surface area contributed by atoms with Crippen molar-refractivity contribution in [3.63, 3.8) is 0 Å². The molecule has 1 heterocycles. The molecule has 0 spiro atoms. The van der Waals surface area contributed by atoms with Crippen LogP contribution < -0.4 is 4.72 Å². The minimum Gasteiger partial charge on any atom is -0.263 e. The van der Waals surface area contributed by atoms with E-state index < -0.39 is 10.0 Å². The highest BCUT2D eigenvalue weighted by atomic mass is 35.5. The standard InChI is InChI=1S/C16H18ClN3O2S/c1-11-13(17)7-4-8-14(11)23(21,22)20-15-9-10-18-16(19-15)12-5-2-3-6-12/h4,7-10,12H,2-3,5-6H2,1H3,(H,18,19,20). The SMILES string of the molecule is Cc1c(Cl)cccc1S(=O)(=O)Nc1ccnc(C2CCCC2)n1. The van der Waals surface area contributed by atoms with E-state index in [-0.39, 0.29) is 4.90 Å². The predicted octanol–water partition coefficient (Wildman–Crippen LogP) is 3.90. The molecule has 0 radical (unpaired) electrons. The van der Waals surface area contributed by atoms with E-state index in [0.717, 1.165) is 12.8 Å². The molecule has 3 rings (SSSR count). The van der Waals surface area contributed by atoms with Crippen molar-refractivity contribution in [3.05, 3.63) is 46.9 Å². The number of anilines is 1. The van der Waals surface area contributed by atoms with Crippen LogP contribution in [0.1, 0.15) is 43.0 Å². The third-order valence-corrected chi connectivity index (χ3v) is 6.05. The summed E-state index contributed by atoms with van der Waals surface area (Å²) in [6.07, 6.45) is 6.06. The van der Waals surface area contributed by atoms with Crippen LogP contribution in [-0.4, -0.2) is 18.4 Å². The largest absolute Gasteiger partial charge is 0.263 e. The molecule has 1 N–H and O–H groups in total. The van der Waals surface area contributed by atoms with Gasteiger partial charge in [-0.1, -0.05) is 30.5 Å². The Labute approximate surface area is 141 Å². The van der Waals surface area contributed by atoms with Gasteiger partial charge in [-0.3, -0.25) is 4.72 Å². The maximum Gasteiger partial charge on any atom is 0.263 e. The van der Waals surface area contributed by atoms with Crippen LogP contribution in [0, 0.1) is 6.92 Å². The summed E-state index contributed by atoms with van der Waals surface area (Å²) in [5, 5.41) is 0.419. The fourth-order valence-electron chi connectivity index (χ4n) is 2.88. The molecule has 0 aliphatic heterocycles. The molecule has 5 nitrogen and oxygen atoms in total. The molecule has 23 heavy (non-hydrogen) atoms. The number of hydrogen-bond donors (Lipinski definition) is 1. The monoisotopic (exact) mass is 351 g/mol. The fraction of sp³-hybridized carbons (Fsp3) is 0.375. The zero-order chi connectivity index (χ0) is 16.4. The van der Waals surface area contributed by atoms with Gasteiger partial charge >= 0.3 is 0 Å². The van der Waals surface area contributed by atoms with Crippen LogP contribution in [0.2, 0.25) is 5.02 Å². The van der Waals surface area contributed by atoms with Gasteiger partial charge in [0.15, 0.2) is 0 Å². The van der Waals surface area contributed by atoms with Crippen molar-refractivity contribution in [1.29, 1.82) is 0 Å². The number of benzene rings is 1. The molecule has 122 valence electrons. The van der Waals surface area contributed by atoms with Gasteiger partial charge in [-0.05, 0) is 43.5 Å². The maximum absolute atomic E-state index is 12.6. The van der Waals surface area contributed by atoms with Gasteiger partial charge in [0.2, 0.25) is 0 Å². The van der Waals surface area contributed by atoms with Gasteiger partial charge < -0.3 is 0 Å². The zero-order valence-corrected chi connectivity index (χ0v) is 14.4. The second-order valence-corrected chi connectivity index (χ2v) is 7.81. The van der Waals surface area contributed by atoms with Crippen molar-refractivity contribution in [2.75, 3.05) is 4.72 Å². The summed E-state index contributed by atoms with van der Waals surface area (Å²) < 4.78 is 27.7. The molecule has 0 unspecified atom stereocenters. The first-order valence-corrected chi connectivity index (χ1v) is 9.44. The van der Waals surface area contributed by atoms with E-state index in [1.54, 1.807) is 31.3 Å². The molecule has 2 aromatic rings. The van der Waals surface area contributed by atoms with Crippen molar-refractivity contribution in [1.82, 2.24) is 9.97 Å². The molecule has 0 amide bonds. The summed E-state index contributed by atoms with van der Waals surface area (Å²) in [6, 6.07) is 6.38. The minimum absolute atomic E-state index is 0.158. The number of nitrogens with zero attached hydrogens (tertiary/aromatic N) is 2. The van der Waals surface area contributed by atoms with Crippen molar-refractivity contribution in [3.8, 4) is 0 Å². The Morgan fingerprint density at radius 3 is 2.70 bits per heavy atom. The lowest BCUT2D eigenvalue weighted by atomic mass is 10.1. The highest BCUT2D eigenvalue weighted by Gasteiger charge is 2.22. The first kappa shape index (κ1) is 16.2. The first-order chi connectivity index (χ1) is 11.0. The normalized spacial score (nSPS) is 15.7. The summed E-state index contributed by atoms with van der Waals surface area (Å²) in [5.41, 5.74) is 0.520. The van der Waals surface area contributed by atoms with Crippen molar-refractivity contribution in [2.45, 2.75) is 43.4 Å². The van der Waals surface area contributed by atoms with Gasteiger partial charge in [-0.2, -0.15) is 0 Å². The second-order valence-electron chi connectivity index (χ2n) is 5.75. The van der Waals surface area contributed by atoms with Gasteiger partial charge in [-0.25, -0.2) is 18.4 Å². The lowest BCUT2D eigenvalue weighted by Crippen LogP contribution is -2.16. The van der Waals surface area contributed by atoms with Crippen LogP contribution in [0.15, 0.2) is 35.4 Å². The lowest BCUT2D eigenvalue weighted by Gasteiger charge is -2.12. The Balaban J connectivity index is 1.88. The van der Waals surface area contributed by atoms with E-state index in [9.17, 15) is 8.42 Å². The molecule has 1 fully saturated rings. The average Bonchev–Trinajstić information content (AvgIpc) is 3.04. The Morgan fingerprint density at radius 2 is 1.96 bits per heavy atom. The molecule has 1 aliphatic carbocycles. The summed E-state index contributed by atoms with van der Waals surface area (Å²) in [7, 11) is -3.73. The molecular weight excluding hydrogens is 334 g/mol. The Hall–Kier alpha value is -1.66. The number of aromatic nitrogens is 2. The van der Waals surface area contributed by atoms with E-state index in [0.29, 0.717) is 28.1 Å². The van der Waals surface area contributed by atoms with E-state index >= 15 is 0 Å². The summed E-state index contributed by atoms with van der Waals surface area (Å²) in [5.74, 6) is 1.33. The lowest BCUT2D eigenvalue weighted by molar-refractivity contribution is 0.600. The molecule has 7 heteroatoms. The van der Waals surface area contributed by atoms with Crippen LogP contribution in [0.5, 0.6) is 0 Å². The molecule has 1 aromatic heterocycles. The van der Waals surface area contributed by atoms with Gasteiger partial charge in [0.05, 0.1) is 4.90 Å². The predicted molar refractivity (Wildman–Crippen MR) is 90.2 cm³/mol. The van der Waals surface area contributed by atoms with Crippen LogP contribution in [0.3, 0.4) is 0 Å². The van der Waals surface area contributed by atoms with Gasteiger partial charge in [0, 0.05) is 17.1 Å². The maximum atomic E-state index is 12.6. The molecule has 1 aromatic carbocycles. The van der Waals surface area contributed by atoms with Gasteiger partial charge in [0.25, 0.3) is 10.0 Å². The van der Waals surface area contributed by atoms with E-state index in [2.05, 4.69) is 14.7 Å². The molecular formula is C16H18ClN3O2S. The number of nitrogens with one attached hydrogen (secondary N) is 1. The molecule has 1 aliphatic rings. The Morgan fingerprint density at radius 1 is 1.22 bits per heavy atom. The van der Waals surface area contributed by atoms with E-state index in [1.807, 2.05) is 0 Å². The highest BCUT2D eigenvalue weighted by Crippen LogP contribution is 2.32. The van der Waals surface area contributed by atoms with Gasteiger partial charge in [-0.15, -0.1) is 0 Å². The highest BCUT2D eigenvalue weighted by molar-refractivity contribution is 7.92. The Kier molecular flexibility index (Phi) is 4.55. The number of rotatable bonds is 4. The molecule has 1 saturated carbocycles. The quantitative estimate of drug-likeness (QED) is 0.906. The van der Waals surface area contributed by atoms with E-state index in [4.69, 9.17) is 11.6 Å². The van der Waals surface area contributed by atoms with Crippen molar-refractivity contribution < 1.29 is 8.42 Å². The summed E-state index contributed by atoms with van der Waals surface area (Å²) in [4.78, 5) is 8.83. The number of sulfonamides is 1. The smallest absolute Gasteiger partial charge is 0.263 e.